The third-order valence-electron chi connectivity index (χ3n) is 6.89. The Kier molecular flexibility index (Phi) is 8.01. The molecule has 12 heteroatoms. The first kappa shape index (κ1) is 28.3. The van der Waals surface area contributed by atoms with Crippen molar-refractivity contribution in [3.63, 3.8) is 0 Å². The van der Waals surface area contributed by atoms with E-state index in [1.54, 1.807) is 36.2 Å². The van der Waals surface area contributed by atoms with Crippen LogP contribution in [0.1, 0.15) is 29.4 Å². The quantitative estimate of drug-likeness (QED) is 0.0928. The molecule has 0 aliphatic rings. The molecule has 0 spiro atoms. The summed E-state index contributed by atoms with van der Waals surface area (Å²) in [5, 5.41) is 12.4. The molecule has 0 saturated heterocycles. The Hall–Kier alpha value is -4.85. The van der Waals surface area contributed by atoms with Gasteiger partial charge in [0, 0.05) is 29.1 Å². The maximum Gasteiger partial charge on any atom is 0.325 e. The van der Waals surface area contributed by atoms with Gasteiger partial charge in [0.15, 0.2) is 11.4 Å². The number of rotatable bonds is 9. The van der Waals surface area contributed by atoms with Gasteiger partial charge in [-0.05, 0) is 42.8 Å². The third kappa shape index (κ3) is 5.91. The first-order chi connectivity index (χ1) is 20.9. The van der Waals surface area contributed by atoms with E-state index in [9.17, 15) is 9.59 Å². The number of nitrogens with zero attached hydrogens (tertiary/aromatic N) is 3. The number of aromatic amines is 2. The molecule has 218 valence electrons. The second-order valence-corrected chi connectivity index (χ2v) is 11.3. The number of benzene rings is 3. The van der Waals surface area contributed by atoms with E-state index in [1.165, 1.54) is 0 Å². The van der Waals surface area contributed by atoms with Crippen LogP contribution in [-0.2, 0) is 0 Å². The van der Waals surface area contributed by atoms with Crippen molar-refractivity contribution in [2.45, 2.75) is 23.7 Å². The van der Waals surface area contributed by atoms with Crippen LogP contribution in [0.25, 0.3) is 27.6 Å². The molecule has 3 aromatic heterocycles. The number of anilines is 2. The standard InChI is InChI=1S/C31H28IN7O4/c1-3-6-22(32)24-17-27(39(38-24)18-9-11-19(42-2)12-10-18)35-30(40)34-23-13-14-25(21-8-5-4-7-20(21)23)43-26-15-16-33-29-28(26)36-31(41)37-29/h4-5,7-17,22H,3,6H2,1-2H3,(H2,34,35,40)(H2,33,36,37,41). The van der Waals surface area contributed by atoms with E-state index in [2.05, 4.69) is 55.1 Å². The van der Waals surface area contributed by atoms with Crippen molar-refractivity contribution in [1.29, 1.82) is 0 Å². The molecule has 6 rings (SSSR count). The Balaban J connectivity index is 1.28. The minimum atomic E-state index is -0.415. The fraction of sp³-hybridized carbons (Fsp3) is 0.161. The Bertz CT molecular complexity index is 1980. The summed E-state index contributed by atoms with van der Waals surface area (Å²) < 4.78 is 13.5. The number of imidazole rings is 1. The summed E-state index contributed by atoms with van der Waals surface area (Å²) in [6, 6.07) is 21.8. The number of hydrogen-bond donors (Lipinski definition) is 4. The number of urea groups is 1. The number of carbonyl (C=O) groups is 1. The number of hydrogen-bond acceptors (Lipinski definition) is 6. The SMILES string of the molecule is CCCC(I)c1cc(NC(=O)Nc2ccc(Oc3ccnc4[nH]c(=O)[nH]c34)c3ccccc23)n(-c2ccc(OC)cc2)n1. The van der Waals surface area contributed by atoms with E-state index in [0.29, 0.717) is 34.2 Å². The van der Waals surface area contributed by atoms with Gasteiger partial charge in [-0.1, -0.05) is 60.2 Å². The van der Waals surface area contributed by atoms with E-state index in [4.69, 9.17) is 14.6 Å². The number of amides is 2. The van der Waals surface area contributed by atoms with Crippen LogP contribution in [0.4, 0.5) is 16.3 Å². The predicted molar refractivity (Wildman–Crippen MR) is 175 cm³/mol. The highest BCUT2D eigenvalue weighted by Crippen LogP contribution is 2.36. The molecule has 0 aliphatic heterocycles. The maximum absolute atomic E-state index is 13.4. The fourth-order valence-electron chi connectivity index (χ4n) is 4.82. The number of methoxy groups -OCH3 is 1. The molecule has 43 heavy (non-hydrogen) atoms. The number of H-pyrrole nitrogens is 2. The van der Waals surface area contributed by atoms with Crippen LogP contribution in [0.3, 0.4) is 0 Å². The highest BCUT2D eigenvalue weighted by Gasteiger charge is 2.18. The van der Waals surface area contributed by atoms with Crippen LogP contribution in [0, 0.1) is 0 Å². The molecule has 1 atom stereocenters. The fourth-order valence-corrected chi connectivity index (χ4v) is 5.75. The second-order valence-electron chi connectivity index (χ2n) is 9.77. The first-order valence-corrected chi connectivity index (χ1v) is 14.9. The van der Waals surface area contributed by atoms with Crippen molar-refractivity contribution in [2.24, 2.45) is 0 Å². The molecule has 2 amide bonds. The van der Waals surface area contributed by atoms with Crippen LogP contribution in [0.15, 0.2) is 83.8 Å². The number of nitrogens with one attached hydrogen (secondary N) is 4. The van der Waals surface area contributed by atoms with Crippen molar-refractivity contribution in [3.05, 3.63) is 95.2 Å². The average molecular weight is 690 g/mol. The molecular weight excluding hydrogens is 661 g/mol. The predicted octanol–water partition coefficient (Wildman–Crippen LogP) is 7.31. The molecular formula is C31H28IN7O4. The maximum atomic E-state index is 13.4. The van der Waals surface area contributed by atoms with Crippen molar-refractivity contribution in [2.75, 3.05) is 17.7 Å². The zero-order valence-corrected chi connectivity index (χ0v) is 25.5. The number of ether oxygens (including phenoxy) is 2. The van der Waals surface area contributed by atoms with Gasteiger partial charge in [0.25, 0.3) is 0 Å². The summed E-state index contributed by atoms with van der Waals surface area (Å²) in [6.07, 6.45) is 3.56. The van der Waals surface area contributed by atoms with Crippen LogP contribution < -0.4 is 25.8 Å². The first-order valence-electron chi connectivity index (χ1n) is 13.7. The molecule has 1 unspecified atom stereocenters. The molecule has 0 aliphatic carbocycles. The average Bonchev–Trinajstić information content (AvgIpc) is 3.62. The van der Waals surface area contributed by atoms with E-state index < -0.39 is 6.03 Å². The largest absolute Gasteiger partial charge is 0.497 e. The summed E-state index contributed by atoms with van der Waals surface area (Å²) in [6.45, 7) is 2.14. The lowest BCUT2D eigenvalue weighted by Gasteiger charge is -2.14. The lowest BCUT2D eigenvalue weighted by atomic mass is 10.1. The number of carbonyl (C=O) groups excluding carboxylic acids is 1. The van der Waals surface area contributed by atoms with Gasteiger partial charge in [-0.3, -0.25) is 10.3 Å². The Morgan fingerprint density at radius 1 is 1.00 bits per heavy atom. The summed E-state index contributed by atoms with van der Waals surface area (Å²) >= 11 is 2.39. The van der Waals surface area contributed by atoms with Crippen LogP contribution in [0.2, 0.25) is 0 Å². The van der Waals surface area contributed by atoms with Gasteiger partial charge in [-0.15, -0.1) is 0 Å². The molecule has 0 fully saturated rings. The van der Waals surface area contributed by atoms with E-state index in [0.717, 1.165) is 40.7 Å². The van der Waals surface area contributed by atoms with Gasteiger partial charge >= 0.3 is 11.7 Å². The topological polar surface area (TPSA) is 139 Å². The highest BCUT2D eigenvalue weighted by molar-refractivity contribution is 14.1. The van der Waals surface area contributed by atoms with Crippen molar-refractivity contribution in [1.82, 2.24) is 24.7 Å². The lowest BCUT2D eigenvalue weighted by molar-refractivity contribution is 0.262. The smallest absolute Gasteiger partial charge is 0.325 e. The normalized spacial score (nSPS) is 11.9. The van der Waals surface area contributed by atoms with Crippen molar-refractivity contribution in [3.8, 4) is 22.9 Å². The van der Waals surface area contributed by atoms with Crippen LogP contribution in [-0.4, -0.2) is 37.9 Å². The molecule has 0 radical (unpaired) electrons. The summed E-state index contributed by atoms with van der Waals surface area (Å²) in [5.41, 5.74) is 2.79. The minimum Gasteiger partial charge on any atom is -0.497 e. The number of fused-ring (bicyclic) bond motifs is 2. The lowest BCUT2D eigenvalue weighted by Crippen LogP contribution is -2.21. The Morgan fingerprint density at radius 2 is 1.79 bits per heavy atom. The van der Waals surface area contributed by atoms with Gasteiger partial charge in [0.2, 0.25) is 0 Å². The molecule has 3 heterocycles. The second kappa shape index (κ2) is 12.2. The molecule has 11 nitrogen and oxygen atoms in total. The summed E-state index contributed by atoms with van der Waals surface area (Å²) in [5.74, 6) is 2.28. The number of halogens is 1. The monoisotopic (exact) mass is 689 g/mol. The van der Waals surface area contributed by atoms with E-state index in [1.807, 2.05) is 54.6 Å². The Morgan fingerprint density at radius 3 is 2.56 bits per heavy atom. The van der Waals surface area contributed by atoms with Crippen molar-refractivity contribution < 1.29 is 14.3 Å². The number of alkyl halides is 1. The number of pyridine rings is 1. The van der Waals surface area contributed by atoms with Crippen LogP contribution in [0.5, 0.6) is 17.2 Å². The molecule has 4 N–H and O–H groups in total. The van der Waals surface area contributed by atoms with Gasteiger partial charge < -0.3 is 19.8 Å². The van der Waals surface area contributed by atoms with Crippen LogP contribution >= 0.6 is 22.6 Å². The third-order valence-corrected chi connectivity index (χ3v) is 8.15. The van der Waals surface area contributed by atoms with Gasteiger partial charge in [-0.25, -0.2) is 19.3 Å². The highest BCUT2D eigenvalue weighted by atomic mass is 127. The van der Waals surface area contributed by atoms with Gasteiger partial charge in [-0.2, -0.15) is 5.10 Å². The van der Waals surface area contributed by atoms with E-state index in [-0.39, 0.29) is 9.61 Å². The van der Waals surface area contributed by atoms with Crippen molar-refractivity contribution >= 4 is 62.1 Å². The van der Waals surface area contributed by atoms with Gasteiger partial charge in [0.05, 0.1) is 28.1 Å². The zero-order valence-electron chi connectivity index (χ0n) is 23.3. The number of aromatic nitrogens is 5. The molecule has 0 saturated carbocycles. The van der Waals surface area contributed by atoms with E-state index >= 15 is 0 Å². The Labute approximate surface area is 259 Å². The minimum absolute atomic E-state index is 0.202. The molecule has 6 aromatic rings. The van der Waals surface area contributed by atoms with Gasteiger partial charge in [0.1, 0.15) is 22.8 Å². The molecule has 3 aromatic carbocycles. The zero-order chi connectivity index (χ0) is 29.9. The summed E-state index contributed by atoms with van der Waals surface area (Å²) in [4.78, 5) is 34.7. The summed E-state index contributed by atoms with van der Waals surface area (Å²) in [7, 11) is 1.62. The molecule has 0 bridgehead atoms.